The second-order valence-corrected chi connectivity index (χ2v) is 10.2. The Labute approximate surface area is 206 Å². The van der Waals surface area contributed by atoms with Crippen LogP contribution in [-0.4, -0.2) is 39.8 Å². The molecule has 2 saturated carbocycles. The topological polar surface area (TPSA) is 88.3 Å². The molecule has 6 nitrogen and oxygen atoms in total. The zero-order chi connectivity index (χ0) is 26.0. The Kier molecular flexibility index (Phi) is 5.76. The Bertz CT molecular complexity index is 1230. The van der Waals surface area contributed by atoms with E-state index < -0.39 is 46.9 Å². The van der Waals surface area contributed by atoms with Crippen LogP contribution in [0.2, 0.25) is 0 Å². The van der Waals surface area contributed by atoms with Crippen molar-refractivity contribution in [3.05, 3.63) is 58.7 Å². The number of benzene rings is 1. The number of aromatic nitrogens is 1. The fourth-order valence-corrected chi connectivity index (χ4v) is 6.20. The molecule has 5 rings (SSSR count). The second kappa shape index (κ2) is 8.45. The van der Waals surface area contributed by atoms with Crippen LogP contribution in [0.1, 0.15) is 65.7 Å². The summed E-state index contributed by atoms with van der Waals surface area (Å²) in [5.41, 5.74) is 5.44. The number of nitrogens with zero attached hydrogens (tertiary/aromatic N) is 2. The molecule has 36 heavy (non-hydrogen) atoms. The first-order chi connectivity index (χ1) is 17.0. The number of piperidine rings is 1. The molecule has 1 aromatic carbocycles. The van der Waals surface area contributed by atoms with E-state index in [-0.39, 0.29) is 17.4 Å². The van der Waals surface area contributed by atoms with Crippen LogP contribution >= 0.6 is 0 Å². The molecule has 1 aromatic heterocycles. The lowest BCUT2D eigenvalue weighted by Crippen LogP contribution is -2.53. The molecule has 0 radical (unpaired) electrons. The Morgan fingerprint density at radius 1 is 1.28 bits per heavy atom. The lowest BCUT2D eigenvalue weighted by Gasteiger charge is -2.39. The van der Waals surface area contributed by atoms with E-state index in [0.717, 1.165) is 18.9 Å². The monoisotopic (exact) mass is 504 g/mol. The van der Waals surface area contributed by atoms with Crippen LogP contribution in [0.25, 0.3) is 0 Å². The Balaban J connectivity index is 1.61. The standard InChI is InChI=1S/C26H28F4N4O2/c1-3-32-20-12-33-13(2)8-18(20)24(36)34-21(23(31)35)10-16-11-25(16,34)22(14-4-5-14)17-7-6-15(9-19(17)27)26(28,29)30/h6-9,12,14,16,21-22,32H,3-5,10-11H2,1-2H3,(H2,31,35)/t16?,21?,22-,25?/m1/s1. The lowest BCUT2D eigenvalue weighted by molar-refractivity contribution is -0.137. The van der Waals surface area contributed by atoms with Crippen LogP contribution in [0.3, 0.4) is 0 Å². The fourth-order valence-electron chi connectivity index (χ4n) is 6.20. The molecule has 10 heteroatoms. The summed E-state index contributed by atoms with van der Waals surface area (Å²) in [4.78, 5) is 32.4. The van der Waals surface area contributed by atoms with Gasteiger partial charge < -0.3 is 16.0 Å². The molecule has 0 bridgehead atoms. The van der Waals surface area contributed by atoms with Crippen molar-refractivity contribution in [1.29, 1.82) is 0 Å². The van der Waals surface area contributed by atoms with Crippen molar-refractivity contribution in [2.45, 2.75) is 63.2 Å². The van der Waals surface area contributed by atoms with E-state index >= 15 is 4.39 Å². The minimum absolute atomic E-state index is 0.00979. The number of nitrogens with one attached hydrogen (secondary N) is 1. The number of fused-ring (bicyclic) bond motifs is 1. The molecular weight excluding hydrogens is 476 g/mol. The quantitative estimate of drug-likeness (QED) is 0.538. The number of likely N-dealkylation sites (tertiary alicyclic amines) is 1. The number of carbonyl (C=O) groups is 2. The number of hydrogen-bond donors (Lipinski definition) is 2. The molecule has 0 spiro atoms. The Morgan fingerprint density at radius 2 is 2.00 bits per heavy atom. The molecule has 3 aliphatic rings. The predicted molar refractivity (Wildman–Crippen MR) is 125 cm³/mol. The van der Waals surface area contributed by atoms with Crippen LogP contribution < -0.4 is 11.1 Å². The molecule has 1 aliphatic heterocycles. The maximum atomic E-state index is 15.3. The number of halogens is 4. The van der Waals surface area contributed by atoms with Crippen molar-refractivity contribution in [2.24, 2.45) is 17.6 Å². The van der Waals surface area contributed by atoms with Gasteiger partial charge in [0.15, 0.2) is 0 Å². The predicted octanol–water partition coefficient (Wildman–Crippen LogP) is 4.63. The number of rotatable bonds is 7. The van der Waals surface area contributed by atoms with Gasteiger partial charge in [-0.25, -0.2) is 4.39 Å². The number of hydrogen-bond acceptors (Lipinski definition) is 4. The molecule has 3 unspecified atom stereocenters. The Morgan fingerprint density at radius 3 is 2.58 bits per heavy atom. The third-order valence-corrected chi connectivity index (χ3v) is 7.87. The summed E-state index contributed by atoms with van der Waals surface area (Å²) in [6, 6.07) is 3.39. The normalized spacial score (nSPS) is 25.9. The van der Waals surface area contributed by atoms with E-state index in [1.807, 2.05) is 6.92 Å². The minimum atomic E-state index is -4.66. The third kappa shape index (κ3) is 3.90. The summed E-state index contributed by atoms with van der Waals surface area (Å²) in [6.07, 6.45) is -0.646. The first kappa shape index (κ1) is 24.5. The van der Waals surface area contributed by atoms with Crippen molar-refractivity contribution in [3.63, 3.8) is 0 Å². The molecule has 4 atom stereocenters. The first-order valence-corrected chi connectivity index (χ1v) is 12.2. The minimum Gasteiger partial charge on any atom is -0.383 e. The zero-order valence-electron chi connectivity index (χ0n) is 20.0. The van der Waals surface area contributed by atoms with Gasteiger partial charge in [0.1, 0.15) is 11.9 Å². The van der Waals surface area contributed by atoms with Gasteiger partial charge in [-0.15, -0.1) is 0 Å². The smallest absolute Gasteiger partial charge is 0.383 e. The number of aryl methyl sites for hydroxylation is 1. The average Bonchev–Trinajstić information content (AvgIpc) is 3.73. The number of pyridine rings is 1. The number of carbonyl (C=O) groups excluding carboxylic acids is 2. The van der Waals surface area contributed by atoms with E-state index in [2.05, 4.69) is 10.3 Å². The number of nitrogens with two attached hydrogens (primary N) is 1. The van der Waals surface area contributed by atoms with Crippen molar-refractivity contribution in [3.8, 4) is 0 Å². The van der Waals surface area contributed by atoms with Gasteiger partial charge in [0.05, 0.1) is 28.6 Å². The maximum Gasteiger partial charge on any atom is 0.416 e. The van der Waals surface area contributed by atoms with E-state index in [0.29, 0.717) is 42.4 Å². The molecule has 3 N–H and O–H groups in total. The molecule has 2 aromatic rings. The molecule has 2 amide bonds. The SMILES string of the molecule is CCNc1cnc(C)cc1C(=O)N1C(C(N)=O)CC2CC21[C@@H](c1ccc(C(F)(F)F)cc1F)C1CC1. The van der Waals surface area contributed by atoms with Gasteiger partial charge in [0.25, 0.3) is 5.91 Å². The molecular formula is C26H28F4N4O2. The van der Waals surface area contributed by atoms with Gasteiger partial charge >= 0.3 is 6.18 Å². The van der Waals surface area contributed by atoms with Crippen LogP contribution in [0, 0.1) is 24.6 Å². The summed E-state index contributed by atoms with van der Waals surface area (Å²) in [5.74, 6) is -2.59. The highest BCUT2D eigenvalue weighted by Crippen LogP contribution is 2.69. The molecule has 2 heterocycles. The summed E-state index contributed by atoms with van der Waals surface area (Å²) < 4.78 is 54.9. The fraction of sp³-hybridized carbons (Fsp3) is 0.500. The summed E-state index contributed by atoms with van der Waals surface area (Å²) >= 11 is 0. The Hall–Kier alpha value is -3.17. The van der Waals surface area contributed by atoms with Gasteiger partial charge in [-0.1, -0.05) is 6.07 Å². The van der Waals surface area contributed by atoms with Gasteiger partial charge in [-0.2, -0.15) is 13.2 Å². The summed E-state index contributed by atoms with van der Waals surface area (Å²) in [6.45, 7) is 4.17. The van der Waals surface area contributed by atoms with Gasteiger partial charge in [-0.05, 0) is 75.1 Å². The number of amides is 2. The van der Waals surface area contributed by atoms with Crippen molar-refractivity contribution in [2.75, 3.05) is 11.9 Å². The molecule has 1 saturated heterocycles. The van der Waals surface area contributed by atoms with Crippen molar-refractivity contribution < 1.29 is 27.2 Å². The van der Waals surface area contributed by atoms with Crippen LogP contribution in [0.15, 0.2) is 30.5 Å². The highest BCUT2D eigenvalue weighted by atomic mass is 19.4. The average molecular weight is 505 g/mol. The van der Waals surface area contributed by atoms with Crippen LogP contribution in [0.4, 0.5) is 23.2 Å². The highest BCUT2D eigenvalue weighted by molar-refractivity contribution is 6.03. The van der Waals surface area contributed by atoms with Gasteiger partial charge in [0, 0.05) is 18.2 Å². The van der Waals surface area contributed by atoms with Crippen molar-refractivity contribution >= 4 is 17.5 Å². The lowest BCUT2D eigenvalue weighted by atomic mass is 9.82. The van der Waals surface area contributed by atoms with Crippen molar-refractivity contribution in [1.82, 2.24) is 9.88 Å². The van der Waals surface area contributed by atoms with E-state index in [1.165, 1.54) is 11.0 Å². The van der Waals surface area contributed by atoms with Crippen LogP contribution in [0.5, 0.6) is 0 Å². The van der Waals surface area contributed by atoms with E-state index in [1.54, 1.807) is 19.2 Å². The van der Waals surface area contributed by atoms with Gasteiger partial charge in [0.2, 0.25) is 5.91 Å². The molecule has 3 fully saturated rings. The number of alkyl halides is 3. The summed E-state index contributed by atoms with van der Waals surface area (Å²) in [5, 5.41) is 3.13. The third-order valence-electron chi connectivity index (χ3n) is 7.87. The number of primary amides is 1. The maximum absolute atomic E-state index is 15.3. The second-order valence-electron chi connectivity index (χ2n) is 10.2. The largest absolute Gasteiger partial charge is 0.416 e. The zero-order valence-corrected chi connectivity index (χ0v) is 20.0. The number of anilines is 1. The van der Waals surface area contributed by atoms with Crippen LogP contribution in [-0.2, 0) is 11.0 Å². The molecule has 2 aliphatic carbocycles. The molecule has 192 valence electrons. The highest BCUT2D eigenvalue weighted by Gasteiger charge is 2.73. The van der Waals surface area contributed by atoms with E-state index in [9.17, 15) is 22.8 Å². The summed E-state index contributed by atoms with van der Waals surface area (Å²) in [7, 11) is 0. The first-order valence-electron chi connectivity index (χ1n) is 12.2. The van der Waals surface area contributed by atoms with E-state index in [4.69, 9.17) is 5.73 Å². The van der Waals surface area contributed by atoms with Gasteiger partial charge in [-0.3, -0.25) is 14.6 Å².